The number of benzene rings is 1. The van der Waals surface area contributed by atoms with Gasteiger partial charge in [-0.1, -0.05) is 25.1 Å². The summed E-state index contributed by atoms with van der Waals surface area (Å²) in [6.45, 7) is 8.16. The van der Waals surface area contributed by atoms with Gasteiger partial charge >= 0.3 is 0 Å². The van der Waals surface area contributed by atoms with Crippen LogP contribution in [0.15, 0.2) is 42.6 Å². The van der Waals surface area contributed by atoms with Crippen LogP contribution < -0.4 is 9.80 Å². The maximum absolute atomic E-state index is 13.3. The Labute approximate surface area is 196 Å². The quantitative estimate of drug-likeness (QED) is 0.672. The van der Waals surface area contributed by atoms with E-state index in [1.54, 1.807) is 24.1 Å². The van der Waals surface area contributed by atoms with Crippen molar-refractivity contribution in [2.75, 3.05) is 49.6 Å². The third-order valence-corrected chi connectivity index (χ3v) is 7.35. The van der Waals surface area contributed by atoms with Crippen LogP contribution in [0.3, 0.4) is 0 Å². The first kappa shape index (κ1) is 23.7. The van der Waals surface area contributed by atoms with E-state index in [2.05, 4.69) is 46.1 Å². The molecule has 0 spiro atoms. The standard InChI is InChI=1S/C26H36N4O3/c1-4-26(33,19(2)31)24-10-9-22(18-27-24)30-12-11-21(25(30)32)17-20-7-5-6-8-23(20)29-15-13-28(3)14-16-29/h5-10,18-19,21,31,33H,4,11-17H2,1-3H3/t19-,21-,26-/m0/s1. The van der Waals surface area contributed by atoms with E-state index in [-0.39, 0.29) is 11.8 Å². The molecule has 2 N–H and O–H groups in total. The second-order valence-corrected chi connectivity index (χ2v) is 9.45. The average molecular weight is 453 g/mol. The minimum atomic E-state index is -1.39. The second-order valence-electron chi connectivity index (χ2n) is 9.45. The van der Waals surface area contributed by atoms with Crippen molar-refractivity contribution >= 4 is 17.3 Å². The Balaban J connectivity index is 1.46. The van der Waals surface area contributed by atoms with Gasteiger partial charge in [0.2, 0.25) is 5.91 Å². The smallest absolute Gasteiger partial charge is 0.230 e. The number of nitrogens with zero attached hydrogens (tertiary/aromatic N) is 4. The Hall–Kier alpha value is -2.48. The number of anilines is 2. The predicted molar refractivity (Wildman–Crippen MR) is 130 cm³/mol. The molecule has 0 unspecified atom stereocenters. The molecule has 3 atom stereocenters. The number of aliphatic hydroxyl groups is 2. The minimum Gasteiger partial charge on any atom is -0.390 e. The number of carbonyl (C=O) groups is 1. The topological polar surface area (TPSA) is 80.1 Å². The molecule has 2 aliphatic rings. The monoisotopic (exact) mass is 452 g/mol. The van der Waals surface area contributed by atoms with Crippen molar-refractivity contribution in [3.8, 4) is 0 Å². The van der Waals surface area contributed by atoms with E-state index in [9.17, 15) is 15.0 Å². The fourth-order valence-electron chi connectivity index (χ4n) is 4.98. The van der Waals surface area contributed by atoms with E-state index < -0.39 is 11.7 Å². The van der Waals surface area contributed by atoms with E-state index in [1.807, 2.05) is 13.0 Å². The van der Waals surface area contributed by atoms with Gasteiger partial charge in [0.15, 0.2) is 0 Å². The number of piperazine rings is 1. The number of hydrogen-bond acceptors (Lipinski definition) is 6. The molecule has 0 saturated carbocycles. The van der Waals surface area contributed by atoms with Gasteiger partial charge < -0.3 is 24.9 Å². The summed E-state index contributed by atoms with van der Waals surface area (Å²) >= 11 is 0. The summed E-state index contributed by atoms with van der Waals surface area (Å²) in [6.07, 6.45) is 2.61. The number of carbonyl (C=O) groups excluding carboxylic acids is 1. The Kier molecular flexibility index (Phi) is 7.02. The number of rotatable bonds is 7. The van der Waals surface area contributed by atoms with Crippen molar-refractivity contribution in [2.24, 2.45) is 5.92 Å². The first-order valence-electron chi connectivity index (χ1n) is 12.0. The third-order valence-electron chi connectivity index (χ3n) is 7.35. The zero-order chi connectivity index (χ0) is 23.6. The first-order chi connectivity index (χ1) is 15.8. The molecule has 0 radical (unpaired) electrons. The van der Waals surface area contributed by atoms with E-state index >= 15 is 0 Å². The predicted octanol–water partition coefficient (Wildman–Crippen LogP) is 2.41. The first-order valence-corrected chi connectivity index (χ1v) is 12.0. The highest BCUT2D eigenvalue weighted by Gasteiger charge is 2.36. The molecule has 4 rings (SSSR count). The van der Waals surface area contributed by atoms with Crippen LogP contribution in [0.2, 0.25) is 0 Å². The van der Waals surface area contributed by atoms with Gasteiger partial charge in [-0.3, -0.25) is 9.78 Å². The largest absolute Gasteiger partial charge is 0.390 e. The number of para-hydroxylation sites is 1. The van der Waals surface area contributed by atoms with Gasteiger partial charge in [0.05, 0.1) is 23.7 Å². The zero-order valence-electron chi connectivity index (χ0n) is 19.9. The fourth-order valence-corrected chi connectivity index (χ4v) is 4.98. The summed E-state index contributed by atoms with van der Waals surface area (Å²) in [7, 11) is 2.16. The van der Waals surface area contributed by atoms with Crippen molar-refractivity contribution in [3.05, 3.63) is 53.9 Å². The molecule has 1 aromatic heterocycles. The summed E-state index contributed by atoms with van der Waals surface area (Å²) in [5, 5.41) is 20.7. The molecular formula is C26H36N4O3. The lowest BCUT2D eigenvalue weighted by Gasteiger charge is -2.35. The summed E-state index contributed by atoms with van der Waals surface area (Å²) < 4.78 is 0. The van der Waals surface area contributed by atoms with Crippen LogP contribution in [-0.4, -0.2) is 71.9 Å². The Morgan fingerprint density at radius 3 is 2.48 bits per heavy atom. The molecule has 7 heteroatoms. The highest BCUT2D eigenvalue weighted by atomic mass is 16.3. The van der Waals surface area contributed by atoms with Gasteiger partial charge in [-0.05, 0) is 57.0 Å². The molecule has 33 heavy (non-hydrogen) atoms. The summed E-state index contributed by atoms with van der Waals surface area (Å²) in [4.78, 5) is 24.3. The molecule has 0 aliphatic carbocycles. The van der Waals surface area contributed by atoms with Crippen molar-refractivity contribution in [2.45, 2.75) is 44.8 Å². The molecule has 1 aromatic carbocycles. The summed E-state index contributed by atoms with van der Waals surface area (Å²) in [5.74, 6) is 0.0716. The maximum atomic E-state index is 13.3. The fraction of sp³-hybridized carbons (Fsp3) is 0.538. The van der Waals surface area contributed by atoms with Crippen LogP contribution in [0.5, 0.6) is 0 Å². The lowest BCUT2D eigenvalue weighted by molar-refractivity contribution is -0.120. The Morgan fingerprint density at radius 2 is 1.85 bits per heavy atom. The van der Waals surface area contributed by atoms with Gasteiger partial charge in [-0.15, -0.1) is 0 Å². The van der Waals surface area contributed by atoms with Gasteiger partial charge in [0.1, 0.15) is 5.60 Å². The lowest BCUT2D eigenvalue weighted by Crippen LogP contribution is -2.44. The number of likely N-dealkylation sites (N-methyl/N-ethyl adjacent to an activating group) is 1. The van der Waals surface area contributed by atoms with Gasteiger partial charge in [0, 0.05) is 44.3 Å². The number of aromatic nitrogens is 1. The van der Waals surface area contributed by atoms with E-state index in [1.165, 1.54) is 11.3 Å². The highest BCUT2D eigenvalue weighted by molar-refractivity contribution is 5.97. The molecule has 2 saturated heterocycles. The summed E-state index contributed by atoms with van der Waals surface area (Å²) in [5.41, 5.74) is 2.26. The van der Waals surface area contributed by atoms with Crippen LogP contribution in [0.4, 0.5) is 11.4 Å². The van der Waals surface area contributed by atoms with Crippen molar-refractivity contribution in [1.82, 2.24) is 9.88 Å². The van der Waals surface area contributed by atoms with Crippen molar-refractivity contribution in [1.29, 1.82) is 0 Å². The zero-order valence-corrected chi connectivity index (χ0v) is 19.9. The van der Waals surface area contributed by atoms with E-state index in [0.717, 1.165) is 44.7 Å². The van der Waals surface area contributed by atoms with E-state index in [0.29, 0.717) is 18.7 Å². The molecule has 178 valence electrons. The van der Waals surface area contributed by atoms with Crippen LogP contribution in [0.25, 0.3) is 0 Å². The molecule has 3 heterocycles. The normalized spacial score (nSPS) is 22.5. The van der Waals surface area contributed by atoms with Crippen molar-refractivity contribution < 1.29 is 15.0 Å². The maximum Gasteiger partial charge on any atom is 0.230 e. The van der Waals surface area contributed by atoms with Gasteiger partial charge in [0.25, 0.3) is 0 Å². The molecular weight excluding hydrogens is 416 g/mol. The lowest BCUT2D eigenvalue weighted by atomic mass is 9.90. The molecule has 2 fully saturated rings. The molecule has 0 bridgehead atoms. The molecule has 7 nitrogen and oxygen atoms in total. The van der Waals surface area contributed by atoms with E-state index in [4.69, 9.17) is 0 Å². The minimum absolute atomic E-state index is 0.0525. The number of hydrogen-bond donors (Lipinski definition) is 2. The van der Waals surface area contributed by atoms with Gasteiger partial charge in [-0.25, -0.2) is 0 Å². The highest BCUT2D eigenvalue weighted by Crippen LogP contribution is 2.33. The summed E-state index contributed by atoms with van der Waals surface area (Å²) in [6, 6.07) is 12.0. The van der Waals surface area contributed by atoms with Gasteiger partial charge in [-0.2, -0.15) is 0 Å². The second kappa shape index (κ2) is 9.79. The van der Waals surface area contributed by atoms with Crippen LogP contribution in [-0.2, 0) is 16.8 Å². The molecule has 1 amide bonds. The van der Waals surface area contributed by atoms with Crippen LogP contribution >= 0.6 is 0 Å². The third kappa shape index (κ3) is 4.76. The number of aliphatic hydroxyl groups excluding tert-OH is 1. The Morgan fingerprint density at radius 1 is 1.12 bits per heavy atom. The SMILES string of the molecule is CC[C@@](O)(c1ccc(N2CC[C@@H](Cc3ccccc3N3CCN(C)CC3)C2=O)cn1)[C@H](C)O. The number of pyridine rings is 1. The molecule has 2 aliphatic heterocycles. The average Bonchev–Trinajstić information content (AvgIpc) is 3.19. The van der Waals surface area contributed by atoms with Crippen LogP contribution in [0, 0.1) is 5.92 Å². The van der Waals surface area contributed by atoms with Crippen molar-refractivity contribution in [3.63, 3.8) is 0 Å². The Bertz CT molecular complexity index is 956. The number of amides is 1. The molecule has 2 aromatic rings. The van der Waals surface area contributed by atoms with Crippen LogP contribution in [0.1, 0.15) is 37.9 Å².